The number of esters is 2. The molecule has 0 aliphatic carbocycles. The van der Waals surface area contributed by atoms with Gasteiger partial charge in [0.1, 0.15) is 13.2 Å². The number of ether oxygens (including phenoxy) is 4. The number of aliphatic carboxylic acids is 1. The molecule has 9 nitrogen and oxygen atoms in total. The van der Waals surface area contributed by atoms with E-state index in [2.05, 4.69) is 38.2 Å². The molecule has 0 aromatic carbocycles. The Morgan fingerprint density at radius 1 is 0.337 bits per heavy atom. The van der Waals surface area contributed by atoms with Crippen molar-refractivity contribution in [3.63, 3.8) is 0 Å². The molecule has 0 aromatic rings. The lowest BCUT2D eigenvalue weighted by atomic mass is 10.0. The fourth-order valence-electron chi connectivity index (χ4n) is 12.2. The summed E-state index contributed by atoms with van der Waals surface area (Å²) in [6, 6.07) is 0. The van der Waals surface area contributed by atoms with Gasteiger partial charge in [0.05, 0.1) is 40.3 Å². The van der Waals surface area contributed by atoms with Gasteiger partial charge in [0.15, 0.2) is 12.4 Å². The molecule has 0 aliphatic heterocycles. The van der Waals surface area contributed by atoms with E-state index in [0.717, 1.165) is 44.9 Å². The molecule has 0 saturated carbocycles. The van der Waals surface area contributed by atoms with E-state index in [-0.39, 0.29) is 32.2 Å². The van der Waals surface area contributed by atoms with Crippen molar-refractivity contribution in [3.8, 4) is 0 Å². The lowest BCUT2D eigenvalue weighted by molar-refractivity contribution is -0.870. The number of hydrogen-bond acceptors (Lipinski definition) is 8. The van der Waals surface area contributed by atoms with Gasteiger partial charge in [0.25, 0.3) is 0 Å². The number of hydrogen-bond donors (Lipinski definition) is 0. The standard InChI is InChI=1S/C80H153NO8/c1-6-8-10-12-14-16-18-20-22-24-26-28-30-32-34-36-38-39-41-43-45-47-49-51-53-55-57-59-61-63-65-67-69-71-78(83)89-76(75-88-80(79(84)85)86-73-72-81(3,4)5)74-87-77(82)70-68-66-64-62-60-58-56-54-52-50-48-46-44-42-40-37-35-33-31-29-27-25-23-21-19-17-15-13-11-9-7-2/h18,20,24,26,76,80H,6-17,19,21-23,25,27-75H2,1-5H3/b20-18-,26-24-. The van der Waals surface area contributed by atoms with E-state index in [1.165, 1.54) is 340 Å². The number of carboxylic acids is 1. The predicted molar refractivity (Wildman–Crippen MR) is 380 cm³/mol. The number of rotatable bonds is 75. The molecule has 0 heterocycles. The van der Waals surface area contributed by atoms with E-state index >= 15 is 0 Å². The summed E-state index contributed by atoms with van der Waals surface area (Å²) < 4.78 is 22.9. The van der Waals surface area contributed by atoms with Crippen LogP contribution in [0.4, 0.5) is 0 Å². The van der Waals surface area contributed by atoms with Crippen molar-refractivity contribution in [2.24, 2.45) is 0 Å². The first-order valence-corrected chi connectivity index (χ1v) is 39.5. The lowest BCUT2D eigenvalue weighted by Gasteiger charge is -2.26. The van der Waals surface area contributed by atoms with Crippen LogP contribution in [-0.2, 0) is 33.3 Å². The number of nitrogens with zero attached hydrogens (tertiary/aromatic N) is 1. The van der Waals surface area contributed by atoms with Crippen molar-refractivity contribution in [1.29, 1.82) is 0 Å². The van der Waals surface area contributed by atoms with Gasteiger partial charge >= 0.3 is 11.9 Å². The molecule has 0 aliphatic rings. The Morgan fingerprint density at radius 2 is 0.607 bits per heavy atom. The normalized spacial score (nSPS) is 12.7. The SMILES string of the molecule is CCCCCCC/C=C\C/C=C\CCCCCCCCCCCCCCCCCCCCCCCC(=O)OC(COC(=O)CCCCCCCCCCCCCCCCCCCCCCCCCCCCCCCCC)COC(OCC[N+](C)(C)C)C(=O)[O-]. The first kappa shape index (κ1) is 86.8. The van der Waals surface area contributed by atoms with Crippen molar-refractivity contribution >= 4 is 17.9 Å². The summed E-state index contributed by atoms with van der Waals surface area (Å²) in [7, 11) is 5.95. The minimum atomic E-state index is -1.62. The molecule has 0 bridgehead atoms. The Bertz CT molecular complexity index is 1510. The van der Waals surface area contributed by atoms with Crippen LogP contribution in [0.3, 0.4) is 0 Å². The smallest absolute Gasteiger partial charge is 0.306 e. The highest BCUT2D eigenvalue weighted by Gasteiger charge is 2.22. The van der Waals surface area contributed by atoms with Gasteiger partial charge in [-0.25, -0.2) is 0 Å². The van der Waals surface area contributed by atoms with Gasteiger partial charge in [-0.2, -0.15) is 0 Å². The summed E-state index contributed by atoms with van der Waals surface area (Å²) in [6.45, 7) is 4.83. The number of unbranched alkanes of at least 4 members (excludes halogenated alkanes) is 56. The average molecular weight is 1260 g/mol. The molecule has 0 spiro atoms. The monoisotopic (exact) mass is 1260 g/mol. The highest BCUT2D eigenvalue weighted by atomic mass is 16.7. The Labute approximate surface area is 554 Å². The second-order valence-electron chi connectivity index (χ2n) is 28.4. The third-order valence-electron chi connectivity index (χ3n) is 18.2. The van der Waals surface area contributed by atoms with Crippen LogP contribution in [0.5, 0.6) is 0 Å². The number of carboxylic acid groups (broad SMARTS) is 1. The van der Waals surface area contributed by atoms with Crippen LogP contribution in [0.1, 0.15) is 412 Å². The van der Waals surface area contributed by atoms with Gasteiger partial charge in [-0.15, -0.1) is 0 Å². The molecule has 0 fully saturated rings. The largest absolute Gasteiger partial charge is 0.545 e. The van der Waals surface area contributed by atoms with E-state index in [9.17, 15) is 19.5 Å². The number of carbonyl (C=O) groups excluding carboxylic acids is 3. The maximum Gasteiger partial charge on any atom is 0.306 e. The Balaban J connectivity index is 3.98. The summed E-state index contributed by atoms with van der Waals surface area (Å²) in [5.74, 6) is -2.25. The first-order chi connectivity index (χ1) is 43.6. The topological polar surface area (TPSA) is 111 Å². The molecule has 526 valence electrons. The third kappa shape index (κ3) is 73.1. The maximum atomic E-state index is 13.0. The first-order valence-electron chi connectivity index (χ1n) is 39.5. The highest BCUT2D eigenvalue weighted by molar-refractivity contribution is 5.70. The van der Waals surface area contributed by atoms with Crippen molar-refractivity contribution in [1.82, 2.24) is 0 Å². The molecular weight excluding hydrogens is 1100 g/mol. The molecule has 0 N–H and O–H groups in total. The zero-order valence-corrected chi connectivity index (χ0v) is 60.3. The van der Waals surface area contributed by atoms with Crippen LogP contribution in [0.2, 0.25) is 0 Å². The summed E-state index contributed by atoms with van der Waals surface area (Å²) in [6.07, 6.45) is 87.3. The number of carbonyl (C=O) groups is 3. The van der Waals surface area contributed by atoms with Crippen LogP contribution in [0.25, 0.3) is 0 Å². The molecular formula is C80H153NO8. The molecule has 0 aromatic heterocycles. The molecule has 0 radical (unpaired) electrons. The van der Waals surface area contributed by atoms with Crippen molar-refractivity contribution < 1.29 is 42.9 Å². The van der Waals surface area contributed by atoms with Gasteiger partial charge in [-0.05, 0) is 44.9 Å². The lowest BCUT2D eigenvalue weighted by Crippen LogP contribution is -2.44. The minimum Gasteiger partial charge on any atom is -0.545 e. The Morgan fingerprint density at radius 3 is 0.888 bits per heavy atom. The summed E-state index contributed by atoms with van der Waals surface area (Å²) in [5.41, 5.74) is 0. The quantitative estimate of drug-likeness (QED) is 0.0195. The van der Waals surface area contributed by atoms with Crippen LogP contribution >= 0.6 is 0 Å². The van der Waals surface area contributed by atoms with Crippen molar-refractivity contribution in [2.45, 2.75) is 424 Å². The summed E-state index contributed by atoms with van der Waals surface area (Å²) in [5, 5.41) is 11.9. The zero-order chi connectivity index (χ0) is 64.7. The van der Waals surface area contributed by atoms with Crippen molar-refractivity contribution in [2.75, 3.05) is 47.5 Å². The number of likely N-dealkylation sites (N-methyl/N-ethyl adjacent to an activating group) is 1. The molecule has 9 heteroatoms. The van der Waals surface area contributed by atoms with Crippen molar-refractivity contribution in [3.05, 3.63) is 24.3 Å². The zero-order valence-electron chi connectivity index (χ0n) is 60.3. The van der Waals surface area contributed by atoms with E-state index in [1.807, 2.05) is 21.1 Å². The maximum absolute atomic E-state index is 13.0. The molecule has 2 atom stereocenters. The van der Waals surface area contributed by atoms with E-state index in [1.54, 1.807) is 0 Å². The van der Waals surface area contributed by atoms with Gasteiger partial charge in [0.2, 0.25) is 0 Å². The molecule has 2 unspecified atom stereocenters. The predicted octanol–water partition coefficient (Wildman–Crippen LogP) is 23.6. The fourth-order valence-corrected chi connectivity index (χ4v) is 12.2. The highest BCUT2D eigenvalue weighted by Crippen LogP contribution is 2.20. The average Bonchev–Trinajstić information content (AvgIpc) is 3.64. The molecule has 0 rings (SSSR count). The second kappa shape index (κ2) is 71.6. The molecule has 0 amide bonds. The minimum absolute atomic E-state index is 0.152. The van der Waals surface area contributed by atoms with Crippen LogP contribution in [-0.4, -0.2) is 82.3 Å². The van der Waals surface area contributed by atoms with Gasteiger partial charge in [-0.1, -0.05) is 378 Å². The number of allylic oxidation sites excluding steroid dienone is 4. The van der Waals surface area contributed by atoms with E-state index in [4.69, 9.17) is 18.9 Å². The molecule has 89 heavy (non-hydrogen) atoms. The van der Waals surface area contributed by atoms with Crippen LogP contribution < -0.4 is 5.11 Å². The van der Waals surface area contributed by atoms with Crippen LogP contribution in [0.15, 0.2) is 24.3 Å². The van der Waals surface area contributed by atoms with Gasteiger partial charge in [0, 0.05) is 12.8 Å². The van der Waals surface area contributed by atoms with E-state index in [0.29, 0.717) is 17.4 Å². The Kier molecular flexibility index (Phi) is 69.8. The second-order valence-corrected chi connectivity index (χ2v) is 28.4. The van der Waals surface area contributed by atoms with Gasteiger partial charge < -0.3 is 33.3 Å². The number of quaternary nitrogens is 1. The summed E-state index contributed by atoms with van der Waals surface area (Å²) in [4.78, 5) is 37.6. The van der Waals surface area contributed by atoms with Gasteiger partial charge in [-0.3, -0.25) is 9.59 Å². The molecule has 0 saturated heterocycles. The van der Waals surface area contributed by atoms with E-state index < -0.39 is 24.3 Å². The summed E-state index contributed by atoms with van der Waals surface area (Å²) >= 11 is 0. The fraction of sp³-hybridized carbons (Fsp3) is 0.912. The Hall–Kier alpha value is -2.23. The van der Waals surface area contributed by atoms with Crippen LogP contribution in [0, 0.1) is 0 Å². The third-order valence-corrected chi connectivity index (χ3v) is 18.2.